The predicted molar refractivity (Wildman–Crippen MR) is 63.5 cm³/mol. The molecular formula is C12H16F2O8. The summed E-state index contributed by atoms with van der Waals surface area (Å²) in [6.07, 6.45) is -8.63. The zero-order valence-corrected chi connectivity index (χ0v) is 12.1. The molecule has 22 heavy (non-hydrogen) atoms. The molecule has 0 radical (unpaired) electrons. The molecule has 1 aliphatic heterocycles. The lowest BCUT2D eigenvalue weighted by Gasteiger charge is -2.40. The molecule has 1 saturated heterocycles. The molecule has 126 valence electrons. The number of hydrogen-bond acceptors (Lipinski definition) is 8. The smallest absolute Gasteiger partial charge is 0.303 e. The van der Waals surface area contributed by atoms with Crippen LogP contribution < -0.4 is 0 Å². The SMILES string of the molecule is CC(=O)OC[C@H]1OC(OF)[C@@H](F)[C@@H](OC(C)=O)[C@@H]1OC(C)=O. The molecule has 0 aromatic carbocycles. The molecule has 0 amide bonds. The van der Waals surface area contributed by atoms with Gasteiger partial charge in [0.15, 0.2) is 18.4 Å². The van der Waals surface area contributed by atoms with E-state index < -0.39 is 55.3 Å². The van der Waals surface area contributed by atoms with E-state index in [-0.39, 0.29) is 0 Å². The molecular weight excluding hydrogens is 310 g/mol. The van der Waals surface area contributed by atoms with E-state index in [4.69, 9.17) is 14.2 Å². The molecule has 1 aliphatic rings. The van der Waals surface area contributed by atoms with Crippen molar-refractivity contribution in [2.24, 2.45) is 0 Å². The molecule has 0 bridgehead atoms. The lowest BCUT2D eigenvalue weighted by molar-refractivity contribution is -0.352. The normalized spacial score (nSPS) is 31.2. The van der Waals surface area contributed by atoms with Crippen molar-refractivity contribution in [2.45, 2.75) is 51.5 Å². The number of rotatable bonds is 5. The topological polar surface area (TPSA) is 97.4 Å². The van der Waals surface area contributed by atoms with E-state index in [0.717, 1.165) is 20.8 Å². The van der Waals surface area contributed by atoms with Gasteiger partial charge in [0.1, 0.15) is 12.7 Å². The van der Waals surface area contributed by atoms with E-state index >= 15 is 0 Å². The van der Waals surface area contributed by atoms with Gasteiger partial charge in [-0.3, -0.25) is 14.4 Å². The van der Waals surface area contributed by atoms with Gasteiger partial charge in [-0.05, 0) is 4.53 Å². The number of ether oxygens (including phenoxy) is 4. The molecule has 0 N–H and O–H groups in total. The third-order valence-electron chi connectivity index (χ3n) is 2.72. The van der Waals surface area contributed by atoms with Crippen LogP contribution in [-0.2, 0) is 38.3 Å². The Bertz CT molecular complexity index is 429. The van der Waals surface area contributed by atoms with E-state index in [0.29, 0.717) is 0 Å². The van der Waals surface area contributed by atoms with E-state index in [1.165, 1.54) is 0 Å². The van der Waals surface area contributed by atoms with Crippen LogP contribution in [0, 0.1) is 0 Å². The molecule has 0 aromatic heterocycles. The Labute approximate surface area is 124 Å². The monoisotopic (exact) mass is 326 g/mol. The van der Waals surface area contributed by atoms with Crippen molar-refractivity contribution in [3.8, 4) is 0 Å². The molecule has 8 nitrogen and oxygen atoms in total. The Hall–Kier alpha value is -1.81. The maximum Gasteiger partial charge on any atom is 0.303 e. The number of halogens is 2. The van der Waals surface area contributed by atoms with Gasteiger partial charge in [-0.15, -0.1) is 0 Å². The van der Waals surface area contributed by atoms with Crippen LogP contribution in [0.5, 0.6) is 0 Å². The first-order valence-corrected chi connectivity index (χ1v) is 6.31. The standard InChI is InChI=1S/C12H16F2O8/c1-5(15)18-4-8-10(19-6(2)16)11(20-7(3)17)9(13)12(21-8)22-14/h8-12H,4H2,1-3H3/t8-,9+,10-,11-,12?/m1/s1. The van der Waals surface area contributed by atoms with Gasteiger partial charge in [-0.1, -0.05) is 0 Å². The number of carbonyl (C=O) groups is 3. The van der Waals surface area contributed by atoms with Crippen LogP contribution in [0.15, 0.2) is 0 Å². The average molecular weight is 326 g/mol. The van der Waals surface area contributed by atoms with Gasteiger partial charge in [-0.2, -0.15) is 4.94 Å². The van der Waals surface area contributed by atoms with Gasteiger partial charge in [-0.25, -0.2) is 4.39 Å². The largest absolute Gasteiger partial charge is 0.463 e. The van der Waals surface area contributed by atoms with Gasteiger partial charge in [0.25, 0.3) is 0 Å². The summed E-state index contributed by atoms with van der Waals surface area (Å²) in [6.45, 7) is 2.67. The highest BCUT2D eigenvalue weighted by Crippen LogP contribution is 2.29. The minimum atomic E-state index is -2.24. The summed E-state index contributed by atoms with van der Waals surface area (Å²) in [6, 6.07) is 0. The quantitative estimate of drug-likeness (QED) is 0.528. The lowest BCUT2D eigenvalue weighted by atomic mass is 9.99. The summed E-state index contributed by atoms with van der Waals surface area (Å²) < 4.78 is 45.6. The first-order chi connectivity index (χ1) is 10.3. The van der Waals surface area contributed by atoms with Crippen LogP contribution >= 0.6 is 0 Å². The molecule has 0 aliphatic carbocycles. The molecule has 1 heterocycles. The van der Waals surface area contributed by atoms with Crippen LogP contribution in [0.25, 0.3) is 0 Å². The molecule has 5 atom stereocenters. The molecule has 0 aromatic rings. The van der Waals surface area contributed by atoms with E-state index in [1.807, 2.05) is 0 Å². The third kappa shape index (κ3) is 4.88. The lowest BCUT2D eigenvalue weighted by Crippen LogP contribution is -2.60. The molecule has 0 saturated carbocycles. The molecule has 1 unspecified atom stereocenters. The van der Waals surface area contributed by atoms with Crippen molar-refractivity contribution in [3.05, 3.63) is 0 Å². The van der Waals surface area contributed by atoms with Crippen LogP contribution in [0.1, 0.15) is 20.8 Å². The van der Waals surface area contributed by atoms with Crippen LogP contribution in [0.2, 0.25) is 0 Å². The Kier molecular flexibility index (Phi) is 6.62. The molecule has 1 fully saturated rings. The van der Waals surface area contributed by atoms with Crippen molar-refractivity contribution < 1.29 is 47.2 Å². The van der Waals surface area contributed by atoms with E-state index in [2.05, 4.69) is 9.68 Å². The summed E-state index contributed by atoms with van der Waals surface area (Å²) >= 11 is 0. The second-order valence-electron chi connectivity index (χ2n) is 4.53. The Morgan fingerprint density at radius 1 is 1.00 bits per heavy atom. The summed E-state index contributed by atoms with van der Waals surface area (Å²) in [5, 5.41) is 0. The molecule has 10 heteroatoms. The summed E-state index contributed by atoms with van der Waals surface area (Å²) in [5.41, 5.74) is 0. The number of hydrogen-bond donors (Lipinski definition) is 0. The Balaban J connectivity index is 3.00. The number of carbonyl (C=O) groups excluding carboxylic acids is 3. The summed E-state index contributed by atoms with van der Waals surface area (Å²) in [4.78, 5) is 36.4. The fourth-order valence-corrected chi connectivity index (χ4v) is 1.93. The average Bonchev–Trinajstić information content (AvgIpc) is 2.41. The Morgan fingerprint density at radius 3 is 2.00 bits per heavy atom. The van der Waals surface area contributed by atoms with Gasteiger partial charge < -0.3 is 18.9 Å². The van der Waals surface area contributed by atoms with Gasteiger partial charge in [0.05, 0.1) is 0 Å². The van der Waals surface area contributed by atoms with Crippen LogP contribution in [0.4, 0.5) is 8.92 Å². The fraction of sp³-hybridized carbons (Fsp3) is 0.750. The van der Waals surface area contributed by atoms with Crippen molar-refractivity contribution >= 4 is 17.9 Å². The van der Waals surface area contributed by atoms with Crippen molar-refractivity contribution in [1.82, 2.24) is 0 Å². The first kappa shape index (κ1) is 18.2. The second kappa shape index (κ2) is 7.99. The second-order valence-corrected chi connectivity index (χ2v) is 4.53. The minimum absolute atomic E-state index is 0.475. The van der Waals surface area contributed by atoms with Gasteiger partial charge in [0, 0.05) is 20.8 Å². The van der Waals surface area contributed by atoms with E-state index in [1.54, 1.807) is 0 Å². The van der Waals surface area contributed by atoms with Crippen molar-refractivity contribution in [1.29, 1.82) is 0 Å². The Morgan fingerprint density at radius 2 is 1.55 bits per heavy atom. The molecule has 0 spiro atoms. The van der Waals surface area contributed by atoms with Gasteiger partial charge in [0.2, 0.25) is 6.29 Å². The number of esters is 3. The number of alkyl halides is 1. The highest BCUT2D eigenvalue weighted by molar-refractivity contribution is 5.67. The maximum absolute atomic E-state index is 14.1. The van der Waals surface area contributed by atoms with Crippen molar-refractivity contribution in [3.63, 3.8) is 0 Å². The van der Waals surface area contributed by atoms with E-state index in [9.17, 15) is 23.3 Å². The fourth-order valence-electron chi connectivity index (χ4n) is 1.93. The molecule has 1 rings (SSSR count). The first-order valence-electron chi connectivity index (χ1n) is 6.31. The minimum Gasteiger partial charge on any atom is -0.463 e. The zero-order valence-electron chi connectivity index (χ0n) is 12.1. The highest BCUT2D eigenvalue weighted by Gasteiger charge is 2.52. The van der Waals surface area contributed by atoms with Gasteiger partial charge >= 0.3 is 17.9 Å². The van der Waals surface area contributed by atoms with Crippen molar-refractivity contribution in [2.75, 3.05) is 6.61 Å². The van der Waals surface area contributed by atoms with Crippen LogP contribution in [0.3, 0.4) is 0 Å². The predicted octanol–water partition coefficient (Wildman–Crippen LogP) is 0.377. The van der Waals surface area contributed by atoms with Crippen LogP contribution in [-0.4, -0.2) is 55.3 Å². The summed E-state index contributed by atoms with van der Waals surface area (Å²) in [7, 11) is 0. The highest BCUT2D eigenvalue weighted by atomic mass is 19.3. The zero-order chi connectivity index (χ0) is 16.9. The summed E-state index contributed by atoms with van der Waals surface area (Å²) in [5.74, 6) is -2.38. The maximum atomic E-state index is 14.1. The third-order valence-corrected chi connectivity index (χ3v) is 2.72.